The molecule has 0 atom stereocenters. The number of hydrogen-bond acceptors (Lipinski definition) is 3. The highest BCUT2D eigenvalue weighted by molar-refractivity contribution is 7.10. The van der Waals surface area contributed by atoms with E-state index in [9.17, 15) is 0 Å². The number of thiophene rings is 1. The van der Waals surface area contributed by atoms with Crippen LogP contribution in [0.1, 0.15) is 17.7 Å². The highest BCUT2D eigenvalue weighted by atomic mass is 32.1. The second kappa shape index (κ2) is 6.87. The normalized spacial score (nSPS) is 15.7. The molecule has 2 aromatic heterocycles. The molecule has 3 aromatic rings. The molecule has 2 N–H and O–H groups in total. The molecular formula is C19H23N3S. The first-order chi connectivity index (χ1) is 11.4. The van der Waals surface area contributed by atoms with Gasteiger partial charge in [-0.25, -0.2) is 0 Å². The highest BCUT2D eigenvalue weighted by Gasteiger charge is 2.10. The third-order valence-electron chi connectivity index (χ3n) is 4.64. The molecule has 3 heterocycles. The number of fused-ring (bicyclic) bond motifs is 1. The molecule has 0 radical (unpaired) electrons. The molecule has 120 valence electrons. The summed E-state index contributed by atoms with van der Waals surface area (Å²) in [6, 6.07) is 11.1. The third-order valence-corrected chi connectivity index (χ3v) is 5.58. The Hall–Kier alpha value is -1.62. The molecule has 23 heavy (non-hydrogen) atoms. The quantitative estimate of drug-likeness (QED) is 0.669. The van der Waals surface area contributed by atoms with Crippen molar-refractivity contribution >= 4 is 22.2 Å². The summed E-state index contributed by atoms with van der Waals surface area (Å²) in [5, 5.41) is 7.13. The number of aromatic amines is 1. The van der Waals surface area contributed by atoms with E-state index in [2.05, 4.69) is 50.9 Å². The number of nitrogens with zero attached hydrogens (tertiary/aromatic N) is 1. The van der Waals surface area contributed by atoms with Gasteiger partial charge in [-0.15, -0.1) is 11.3 Å². The molecular weight excluding hydrogens is 302 g/mol. The van der Waals surface area contributed by atoms with Crippen LogP contribution in [0, 0.1) is 0 Å². The van der Waals surface area contributed by atoms with E-state index in [0.29, 0.717) is 0 Å². The van der Waals surface area contributed by atoms with E-state index in [1.54, 1.807) is 0 Å². The van der Waals surface area contributed by atoms with Gasteiger partial charge in [0.05, 0.1) is 0 Å². The van der Waals surface area contributed by atoms with Crippen molar-refractivity contribution in [2.24, 2.45) is 0 Å². The van der Waals surface area contributed by atoms with Crippen LogP contribution in [-0.2, 0) is 6.54 Å². The number of nitrogens with one attached hydrogen (secondary N) is 2. The van der Waals surface area contributed by atoms with Crippen molar-refractivity contribution in [2.75, 3.05) is 26.2 Å². The van der Waals surface area contributed by atoms with E-state index in [0.717, 1.165) is 13.1 Å². The van der Waals surface area contributed by atoms with Crippen LogP contribution in [0.4, 0.5) is 0 Å². The molecule has 4 rings (SSSR count). The zero-order chi connectivity index (χ0) is 15.5. The van der Waals surface area contributed by atoms with E-state index < -0.39 is 0 Å². The summed E-state index contributed by atoms with van der Waals surface area (Å²) in [4.78, 5) is 7.22. The number of H-pyrrole nitrogens is 1. The maximum Gasteiger partial charge on any atom is 0.0454 e. The minimum Gasteiger partial charge on any atom is -0.361 e. The topological polar surface area (TPSA) is 31.1 Å². The predicted octanol–water partition coefficient (Wildman–Crippen LogP) is 4.08. The zero-order valence-corrected chi connectivity index (χ0v) is 14.2. The van der Waals surface area contributed by atoms with Gasteiger partial charge in [-0.1, -0.05) is 6.07 Å². The lowest BCUT2D eigenvalue weighted by molar-refractivity contribution is 0.336. The van der Waals surface area contributed by atoms with Crippen LogP contribution >= 0.6 is 11.3 Å². The number of rotatable bonds is 6. The van der Waals surface area contributed by atoms with Crippen molar-refractivity contribution in [1.82, 2.24) is 15.2 Å². The highest BCUT2D eigenvalue weighted by Crippen LogP contribution is 2.28. The van der Waals surface area contributed by atoms with Crippen LogP contribution in [0.2, 0.25) is 0 Å². The van der Waals surface area contributed by atoms with Crippen molar-refractivity contribution in [3.05, 3.63) is 46.8 Å². The first-order valence-corrected chi connectivity index (χ1v) is 9.34. The minimum atomic E-state index is 0.977. The standard InChI is InChI=1S/C19H23N3S/c1-2-9-22(8-1)10-7-20-13-18-12-17(14-23-18)15-3-4-19-16(11-15)5-6-21-19/h3-6,11-12,14,20-21H,1-2,7-10,13H2. The average molecular weight is 325 g/mol. The molecule has 0 aliphatic carbocycles. The first-order valence-electron chi connectivity index (χ1n) is 8.46. The predicted molar refractivity (Wildman–Crippen MR) is 99.0 cm³/mol. The van der Waals surface area contributed by atoms with Crippen molar-refractivity contribution in [3.63, 3.8) is 0 Å². The summed E-state index contributed by atoms with van der Waals surface area (Å²) in [5.41, 5.74) is 3.83. The van der Waals surface area contributed by atoms with Gasteiger partial charge in [-0.2, -0.15) is 0 Å². The van der Waals surface area contributed by atoms with E-state index in [4.69, 9.17) is 0 Å². The lowest BCUT2D eigenvalue weighted by atomic mass is 10.1. The molecule has 3 nitrogen and oxygen atoms in total. The van der Waals surface area contributed by atoms with Crippen LogP contribution in [0.15, 0.2) is 41.9 Å². The van der Waals surface area contributed by atoms with Gasteiger partial charge in [0.2, 0.25) is 0 Å². The third kappa shape index (κ3) is 3.50. The van der Waals surface area contributed by atoms with Crippen LogP contribution in [-0.4, -0.2) is 36.1 Å². The Labute approximate surface area is 141 Å². The Morgan fingerprint density at radius 3 is 2.91 bits per heavy atom. The fourth-order valence-electron chi connectivity index (χ4n) is 3.31. The smallest absolute Gasteiger partial charge is 0.0454 e. The van der Waals surface area contributed by atoms with Gasteiger partial charge < -0.3 is 15.2 Å². The second-order valence-electron chi connectivity index (χ2n) is 6.31. The SMILES string of the molecule is c1cc2cc(-c3csc(CNCCN4CCCC4)c3)ccc2[nH]1. The molecule has 0 spiro atoms. The van der Waals surface area contributed by atoms with Crippen molar-refractivity contribution in [3.8, 4) is 11.1 Å². The molecule has 1 aromatic carbocycles. The second-order valence-corrected chi connectivity index (χ2v) is 7.30. The molecule has 0 saturated carbocycles. The van der Waals surface area contributed by atoms with Gasteiger partial charge in [0, 0.05) is 36.2 Å². The maximum absolute atomic E-state index is 3.58. The number of aromatic nitrogens is 1. The Bertz CT molecular complexity index is 768. The monoisotopic (exact) mass is 325 g/mol. The zero-order valence-electron chi connectivity index (χ0n) is 13.3. The molecule has 1 aliphatic heterocycles. The van der Waals surface area contributed by atoms with Crippen molar-refractivity contribution < 1.29 is 0 Å². The summed E-state index contributed by atoms with van der Waals surface area (Å²) in [7, 11) is 0. The fraction of sp³-hybridized carbons (Fsp3) is 0.368. The van der Waals surface area contributed by atoms with Gasteiger partial charge in [0.15, 0.2) is 0 Å². The molecule has 1 fully saturated rings. The van der Waals surface area contributed by atoms with Crippen LogP contribution in [0.5, 0.6) is 0 Å². The van der Waals surface area contributed by atoms with E-state index in [1.807, 2.05) is 17.5 Å². The lowest BCUT2D eigenvalue weighted by Gasteiger charge is -2.14. The molecule has 1 saturated heterocycles. The molecule has 0 unspecified atom stereocenters. The Balaban J connectivity index is 1.34. The molecule has 0 bridgehead atoms. The van der Waals surface area contributed by atoms with Crippen LogP contribution in [0.25, 0.3) is 22.0 Å². The van der Waals surface area contributed by atoms with Gasteiger partial charge >= 0.3 is 0 Å². The van der Waals surface area contributed by atoms with Crippen LogP contribution in [0.3, 0.4) is 0 Å². The van der Waals surface area contributed by atoms with E-state index >= 15 is 0 Å². The molecule has 1 aliphatic rings. The van der Waals surface area contributed by atoms with E-state index in [-0.39, 0.29) is 0 Å². The lowest BCUT2D eigenvalue weighted by Crippen LogP contribution is -2.29. The molecule has 4 heteroatoms. The van der Waals surface area contributed by atoms with Gasteiger partial charge in [-0.05, 0) is 72.1 Å². The van der Waals surface area contributed by atoms with Crippen LogP contribution < -0.4 is 5.32 Å². The summed E-state index contributed by atoms with van der Waals surface area (Å²) < 4.78 is 0. The maximum atomic E-state index is 3.58. The summed E-state index contributed by atoms with van der Waals surface area (Å²) in [5.74, 6) is 0. The molecule has 0 amide bonds. The average Bonchev–Trinajstić information content (AvgIpc) is 3.31. The first kappa shape index (κ1) is 14.9. The van der Waals surface area contributed by atoms with E-state index in [1.165, 1.54) is 59.4 Å². The van der Waals surface area contributed by atoms with Gasteiger partial charge in [0.1, 0.15) is 0 Å². The summed E-state index contributed by atoms with van der Waals surface area (Å²) in [6.45, 7) is 5.81. The van der Waals surface area contributed by atoms with Crippen molar-refractivity contribution in [1.29, 1.82) is 0 Å². The fourth-order valence-corrected chi connectivity index (χ4v) is 4.18. The van der Waals surface area contributed by atoms with Gasteiger partial charge in [0.25, 0.3) is 0 Å². The minimum absolute atomic E-state index is 0.977. The largest absolute Gasteiger partial charge is 0.361 e. The van der Waals surface area contributed by atoms with Gasteiger partial charge in [-0.3, -0.25) is 0 Å². The Kier molecular flexibility index (Phi) is 4.46. The Morgan fingerprint density at radius 1 is 1.09 bits per heavy atom. The number of benzene rings is 1. The van der Waals surface area contributed by atoms with Crippen molar-refractivity contribution in [2.45, 2.75) is 19.4 Å². The number of hydrogen-bond donors (Lipinski definition) is 2. The summed E-state index contributed by atoms with van der Waals surface area (Å²) in [6.07, 6.45) is 4.75. The summed E-state index contributed by atoms with van der Waals surface area (Å²) >= 11 is 1.85. The number of likely N-dealkylation sites (tertiary alicyclic amines) is 1. The Morgan fingerprint density at radius 2 is 2.00 bits per heavy atom.